The zero-order chi connectivity index (χ0) is 18.0. The molecule has 0 aromatic rings. The largest absolute Gasteiger partial charge is 0.381 e. The molecule has 0 spiro atoms. The Morgan fingerprint density at radius 2 is 1.50 bits per heavy atom. The van der Waals surface area contributed by atoms with E-state index in [1.54, 1.807) is 0 Å². The average Bonchev–Trinajstić information content (AvgIpc) is 3.31. The van der Waals surface area contributed by atoms with E-state index in [1.165, 1.54) is 12.8 Å². The molecule has 0 aromatic heterocycles. The molecule has 6 heteroatoms. The fourth-order valence-electron chi connectivity index (χ4n) is 4.00. The maximum atomic E-state index is 5.78. The summed E-state index contributed by atoms with van der Waals surface area (Å²) in [6.07, 6.45) is 11.4. The van der Waals surface area contributed by atoms with E-state index in [4.69, 9.17) is 23.7 Å². The van der Waals surface area contributed by atoms with Crippen molar-refractivity contribution in [2.24, 2.45) is 17.8 Å². The Morgan fingerprint density at radius 1 is 0.846 bits per heavy atom. The quantitative estimate of drug-likeness (QED) is 0.346. The normalized spacial score (nSPS) is 31.8. The summed E-state index contributed by atoms with van der Waals surface area (Å²) in [5, 5.41) is 0.956. The molecule has 26 heavy (non-hydrogen) atoms. The minimum atomic E-state index is -0.0244. The molecule has 150 valence electrons. The van der Waals surface area contributed by atoms with Gasteiger partial charge >= 0.3 is 0 Å². The van der Waals surface area contributed by atoms with Crippen LogP contribution in [0.3, 0.4) is 0 Å². The maximum Gasteiger partial charge on any atom is 0.159 e. The molecule has 2 aliphatic carbocycles. The molecule has 5 nitrogen and oxygen atoms in total. The lowest BCUT2D eigenvalue weighted by Crippen LogP contribution is -2.26. The molecule has 2 bridgehead atoms. The van der Waals surface area contributed by atoms with Crippen molar-refractivity contribution in [3.8, 4) is 0 Å². The van der Waals surface area contributed by atoms with Gasteiger partial charge in [0.15, 0.2) is 12.6 Å². The van der Waals surface area contributed by atoms with Crippen molar-refractivity contribution in [1.82, 2.24) is 0 Å². The third-order valence-corrected chi connectivity index (χ3v) is 5.84. The Hall–Kier alpha value is 0.0200. The molecule has 3 atom stereocenters. The first-order valence-corrected chi connectivity index (χ1v) is 11.3. The van der Waals surface area contributed by atoms with Gasteiger partial charge in [-0.3, -0.25) is 0 Å². The van der Waals surface area contributed by atoms with E-state index in [0.29, 0.717) is 0 Å². The summed E-state index contributed by atoms with van der Waals surface area (Å²) in [4.78, 5) is 0. The van der Waals surface area contributed by atoms with E-state index in [1.807, 2.05) is 0 Å². The van der Waals surface area contributed by atoms with Crippen LogP contribution in [0.1, 0.15) is 38.5 Å². The van der Waals surface area contributed by atoms with Crippen LogP contribution in [0.2, 0.25) is 0 Å². The van der Waals surface area contributed by atoms with Gasteiger partial charge in [0, 0.05) is 24.8 Å². The van der Waals surface area contributed by atoms with Gasteiger partial charge in [-0.15, -0.1) is 0 Å². The fourth-order valence-corrected chi connectivity index (χ4v) is 4.37. The third-order valence-electron chi connectivity index (χ3n) is 5.38. The fraction of sp³-hybridized carbons (Fsp3) is 0.900. The van der Waals surface area contributed by atoms with Crippen LogP contribution in [-0.2, 0) is 23.7 Å². The van der Waals surface area contributed by atoms with E-state index in [9.17, 15) is 0 Å². The van der Waals surface area contributed by atoms with Gasteiger partial charge in [-0.25, -0.2) is 0 Å². The molecule has 4 aliphatic rings. The van der Waals surface area contributed by atoms with E-state index < -0.39 is 0 Å². The molecule has 1 saturated carbocycles. The van der Waals surface area contributed by atoms with E-state index in [0.717, 1.165) is 88.4 Å². The summed E-state index contributed by atoms with van der Waals surface area (Å²) >= 11 is 3.32. The molecule has 0 aromatic carbocycles. The number of ether oxygens (including phenoxy) is 5. The molecule has 2 heterocycles. The number of hydrogen-bond donors (Lipinski definition) is 0. The van der Waals surface area contributed by atoms with Crippen LogP contribution in [0.5, 0.6) is 0 Å². The van der Waals surface area contributed by atoms with Crippen molar-refractivity contribution in [1.29, 1.82) is 0 Å². The SMILES string of the molecule is BrCCC1OCCCO1.C1=CC2CC1CC2COCCC1OCCCO1. The maximum absolute atomic E-state index is 5.78. The molecule has 0 radical (unpaired) electrons. The van der Waals surface area contributed by atoms with Crippen molar-refractivity contribution in [2.45, 2.75) is 51.1 Å². The number of rotatable bonds is 7. The Kier molecular flexibility index (Phi) is 9.39. The smallest absolute Gasteiger partial charge is 0.159 e. The standard InChI is InChI=1S/C14H22O3.C6H11BrO2/c1-5-16-14(17-6-1)4-7-15-10-13-9-11-2-3-12(13)8-11;7-3-2-6-8-4-1-5-9-6/h2-3,11-14H,1,4-10H2;6H,1-5H2. The summed E-state index contributed by atoms with van der Waals surface area (Å²) in [5.41, 5.74) is 0. The van der Waals surface area contributed by atoms with Crippen molar-refractivity contribution in [3.05, 3.63) is 12.2 Å². The predicted molar refractivity (Wildman–Crippen MR) is 103 cm³/mol. The first kappa shape index (κ1) is 20.7. The molecule has 4 rings (SSSR count). The molecule has 2 saturated heterocycles. The van der Waals surface area contributed by atoms with Crippen LogP contribution >= 0.6 is 15.9 Å². The number of hydrogen-bond acceptors (Lipinski definition) is 5. The van der Waals surface area contributed by atoms with Crippen LogP contribution < -0.4 is 0 Å². The van der Waals surface area contributed by atoms with Crippen molar-refractivity contribution in [2.75, 3.05) is 45.0 Å². The molecule has 0 amide bonds. The minimum Gasteiger partial charge on any atom is -0.381 e. The van der Waals surface area contributed by atoms with Gasteiger partial charge in [0.25, 0.3) is 0 Å². The molecule has 0 N–H and O–H groups in total. The summed E-state index contributed by atoms with van der Waals surface area (Å²) in [6.45, 7) is 5.07. The first-order chi connectivity index (χ1) is 12.8. The van der Waals surface area contributed by atoms with Gasteiger partial charge < -0.3 is 23.7 Å². The second-order valence-electron chi connectivity index (χ2n) is 7.43. The summed E-state index contributed by atoms with van der Waals surface area (Å²) in [7, 11) is 0. The van der Waals surface area contributed by atoms with E-state index in [-0.39, 0.29) is 12.6 Å². The summed E-state index contributed by atoms with van der Waals surface area (Å²) < 4.78 is 27.3. The van der Waals surface area contributed by atoms with Crippen molar-refractivity contribution < 1.29 is 23.7 Å². The van der Waals surface area contributed by atoms with Gasteiger partial charge in [0.1, 0.15) is 0 Å². The van der Waals surface area contributed by atoms with Gasteiger partial charge in [0.2, 0.25) is 0 Å². The van der Waals surface area contributed by atoms with Crippen LogP contribution in [-0.4, -0.2) is 57.6 Å². The highest BCUT2D eigenvalue weighted by Gasteiger charge is 2.35. The lowest BCUT2D eigenvalue weighted by molar-refractivity contribution is -0.186. The molecular formula is C20H33BrO5. The lowest BCUT2D eigenvalue weighted by atomic mass is 9.95. The topological polar surface area (TPSA) is 46.2 Å². The minimum absolute atomic E-state index is 0.0244. The highest BCUT2D eigenvalue weighted by atomic mass is 79.9. The number of alkyl halides is 1. The Morgan fingerprint density at radius 3 is 2.04 bits per heavy atom. The Labute approximate surface area is 165 Å². The van der Waals surface area contributed by atoms with Gasteiger partial charge in [-0.2, -0.15) is 0 Å². The second kappa shape index (κ2) is 11.8. The lowest BCUT2D eigenvalue weighted by Gasteiger charge is -2.23. The van der Waals surface area contributed by atoms with E-state index >= 15 is 0 Å². The monoisotopic (exact) mass is 432 g/mol. The Bertz CT molecular complexity index is 404. The van der Waals surface area contributed by atoms with Crippen LogP contribution in [0.15, 0.2) is 12.2 Å². The van der Waals surface area contributed by atoms with Crippen LogP contribution in [0.25, 0.3) is 0 Å². The third kappa shape index (κ3) is 6.88. The Balaban J connectivity index is 0.000000185. The molecule has 2 aliphatic heterocycles. The molecular weight excluding hydrogens is 400 g/mol. The summed E-state index contributed by atoms with van der Waals surface area (Å²) in [5.74, 6) is 2.40. The van der Waals surface area contributed by atoms with Crippen LogP contribution in [0.4, 0.5) is 0 Å². The highest BCUT2D eigenvalue weighted by Crippen LogP contribution is 2.43. The predicted octanol–water partition coefficient (Wildman–Crippen LogP) is 3.90. The molecule has 3 unspecified atom stereocenters. The number of halogens is 1. The first-order valence-electron chi connectivity index (χ1n) is 10.1. The van der Waals surface area contributed by atoms with E-state index in [2.05, 4.69) is 28.1 Å². The van der Waals surface area contributed by atoms with Gasteiger partial charge in [-0.05, 0) is 43.4 Å². The number of fused-ring (bicyclic) bond motifs is 2. The summed E-state index contributed by atoms with van der Waals surface area (Å²) in [6, 6.07) is 0. The van der Waals surface area contributed by atoms with Crippen LogP contribution in [0, 0.1) is 17.8 Å². The highest BCUT2D eigenvalue weighted by molar-refractivity contribution is 9.09. The zero-order valence-corrected chi connectivity index (χ0v) is 17.2. The molecule has 3 fully saturated rings. The second-order valence-corrected chi connectivity index (χ2v) is 8.22. The number of allylic oxidation sites excluding steroid dienone is 2. The van der Waals surface area contributed by atoms with Crippen molar-refractivity contribution >= 4 is 15.9 Å². The van der Waals surface area contributed by atoms with Gasteiger partial charge in [-0.1, -0.05) is 28.1 Å². The van der Waals surface area contributed by atoms with Crippen molar-refractivity contribution in [3.63, 3.8) is 0 Å². The average molecular weight is 433 g/mol. The van der Waals surface area contributed by atoms with Gasteiger partial charge in [0.05, 0.1) is 33.0 Å². The zero-order valence-electron chi connectivity index (χ0n) is 15.7.